The van der Waals surface area contributed by atoms with Crippen molar-refractivity contribution in [3.05, 3.63) is 23.9 Å². The fourth-order valence-electron chi connectivity index (χ4n) is 1.91. The number of aromatic nitrogens is 1. The van der Waals surface area contributed by atoms with Gasteiger partial charge in [-0.25, -0.2) is 4.98 Å². The molecule has 0 radical (unpaired) electrons. The molecule has 102 valence electrons. The average molecular weight is 282 g/mol. The van der Waals surface area contributed by atoms with Gasteiger partial charge in [-0.15, -0.1) is 12.4 Å². The summed E-state index contributed by atoms with van der Waals surface area (Å²) >= 11 is 0. The molecule has 2 heterocycles. The summed E-state index contributed by atoms with van der Waals surface area (Å²) in [5, 5.41) is 3.22. The Bertz CT molecular complexity index is 380. The molecule has 1 atom stereocenters. The van der Waals surface area contributed by atoms with E-state index in [0.717, 1.165) is 31.9 Å². The molecule has 1 aromatic rings. The van der Waals surface area contributed by atoms with E-state index >= 15 is 0 Å². The van der Waals surface area contributed by atoms with Gasteiger partial charge in [0, 0.05) is 31.9 Å². The second-order valence-corrected chi connectivity index (χ2v) is 4.15. The quantitative estimate of drug-likeness (QED) is 0.856. The standard InChI is InChI=1S/C11H14F3N3.ClH/c1-8-6-15-4-5-17(8)10-3-2-9(7-16-10)11(12,13)14;/h2-3,7-8,15H,4-6H2,1H3;1H/t8-;/m0./s1. The Hall–Kier alpha value is -1.01. The van der Waals surface area contributed by atoms with Crippen molar-refractivity contribution < 1.29 is 13.2 Å². The summed E-state index contributed by atoms with van der Waals surface area (Å²) in [4.78, 5) is 5.91. The third kappa shape index (κ3) is 3.26. The Kier molecular flexibility index (Phi) is 4.81. The van der Waals surface area contributed by atoms with E-state index in [2.05, 4.69) is 10.3 Å². The third-order valence-electron chi connectivity index (χ3n) is 2.87. The first-order valence-electron chi connectivity index (χ1n) is 5.49. The normalized spacial score (nSPS) is 20.4. The number of rotatable bonds is 1. The average Bonchev–Trinajstić information content (AvgIpc) is 2.29. The van der Waals surface area contributed by atoms with Gasteiger partial charge in [0.15, 0.2) is 0 Å². The Morgan fingerprint density at radius 1 is 1.39 bits per heavy atom. The van der Waals surface area contributed by atoms with Crippen LogP contribution < -0.4 is 10.2 Å². The maximum Gasteiger partial charge on any atom is 0.417 e. The van der Waals surface area contributed by atoms with Crippen molar-refractivity contribution in [3.63, 3.8) is 0 Å². The highest BCUT2D eigenvalue weighted by atomic mass is 35.5. The van der Waals surface area contributed by atoms with Crippen LogP contribution in [0, 0.1) is 0 Å². The van der Waals surface area contributed by atoms with E-state index in [0.29, 0.717) is 5.82 Å². The number of alkyl halides is 3. The molecular formula is C11H15ClF3N3. The zero-order valence-corrected chi connectivity index (χ0v) is 10.7. The molecule has 1 aliphatic rings. The van der Waals surface area contributed by atoms with Crippen LogP contribution in [0.15, 0.2) is 18.3 Å². The van der Waals surface area contributed by atoms with Crippen molar-refractivity contribution in [1.29, 1.82) is 0 Å². The van der Waals surface area contributed by atoms with Gasteiger partial charge in [0.2, 0.25) is 0 Å². The van der Waals surface area contributed by atoms with Crippen LogP contribution in [0.4, 0.5) is 19.0 Å². The van der Waals surface area contributed by atoms with Crippen LogP contribution in [0.25, 0.3) is 0 Å². The van der Waals surface area contributed by atoms with Crippen molar-refractivity contribution in [2.45, 2.75) is 19.1 Å². The lowest BCUT2D eigenvalue weighted by Gasteiger charge is -2.34. The molecule has 0 bridgehead atoms. The van der Waals surface area contributed by atoms with E-state index < -0.39 is 11.7 Å². The zero-order valence-electron chi connectivity index (χ0n) is 9.87. The van der Waals surface area contributed by atoms with Gasteiger partial charge in [0.25, 0.3) is 0 Å². The van der Waals surface area contributed by atoms with Crippen LogP contribution >= 0.6 is 12.4 Å². The van der Waals surface area contributed by atoms with Crippen LogP contribution in [0.2, 0.25) is 0 Å². The van der Waals surface area contributed by atoms with Crippen molar-refractivity contribution in [2.75, 3.05) is 24.5 Å². The molecule has 1 N–H and O–H groups in total. The van der Waals surface area contributed by atoms with Crippen molar-refractivity contribution >= 4 is 18.2 Å². The lowest BCUT2D eigenvalue weighted by molar-refractivity contribution is -0.137. The van der Waals surface area contributed by atoms with Gasteiger partial charge in [0.1, 0.15) is 5.82 Å². The molecule has 1 fully saturated rings. The summed E-state index contributed by atoms with van der Waals surface area (Å²) in [5.74, 6) is 0.604. The minimum absolute atomic E-state index is 0. The fraction of sp³-hybridized carbons (Fsp3) is 0.545. The molecule has 2 rings (SSSR count). The van der Waals surface area contributed by atoms with Gasteiger partial charge < -0.3 is 10.2 Å². The van der Waals surface area contributed by atoms with Crippen LogP contribution in [0.5, 0.6) is 0 Å². The summed E-state index contributed by atoms with van der Waals surface area (Å²) < 4.78 is 37.1. The number of nitrogens with one attached hydrogen (secondary N) is 1. The molecule has 18 heavy (non-hydrogen) atoms. The number of hydrogen-bond acceptors (Lipinski definition) is 3. The highest BCUT2D eigenvalue weighted by molar-refractivity contribution is 5.85. The Balaban J connectivity index is 0.00000162. The molecular weight excluding hydrogens is 267 g/mol. The molecule has 7 heteroatoms. The maximum atomic E-state index is 12.4. The molecule has 0 unspecified atom stereocenters. The SMILES string of the molecule is C[C@H]1CNCCN1c1ccc(C(F)(F)F)cn1.Cl. The number of halogens is 4. The largest absolute Gasteiger partial charge is 0.417 e. The summed E-state index contributed by atoms with van der Waals surface area (Å²) in [6.45, 7) is 4.43. The number of piperazine rings is 1. The highest BCUT2D eigenvalue weighted by Gasteiger charge is 2.31. The molecule has 1 aromatic heterocycles. The number of anilines is 1. The van der Waals surface area contributed by atoms with E-state index in [-0.39, 0.29) is 18.4 Å². The van der Waals surface area contributed by atoms with E-state index in [1.807, 2.05) is 11.8 Å². The molecule has 3 nitrogen and oxygen atoms in total. The first-order chi connectivity index (χ1) is 7.98. The minimum Gasteiger partial charge on any atom is -0.351 e. The van der Waals surface area contributed by atoms with E-state index in [1.165, 1.54) is 6.07 Å². The van der Waals surface area contributed by atoms with Gasteiger partial charge in [-0.2, -0.15) is 13.2 Å². The molecule has 0 saturated carbocycles. The van der Waals surface area contributed by atoms with Gasteiger partial charge >= 0.3 is 6.18 Å². The third-order valence-corrected chi connectivity index (χ3v) is 2.87. The van der Waals surface area contributed by atoms with Crippen molar-refractivity contribution in [3.8, 4) is 0 Å². The van der Waals surface area contributed by atoms with Crippen LogP contribution in [0.1, 0.15) is 12.5 Å². The van der Waals surface area contributed by atoms with Gasteiger partial charge in [-0.1, -0.05) is 0 Å². The fourth-order valence-corrected chi connectivity index (χ4v) is 1.91. The zero-order chi connectivity index (χ0) is 12.5. The van der Waals surface area contributed by atoms with Crippen LogP contribution in [-0.2, 0) is 6.18 Å². The number of hydrogen-bond donors (Lipinski definition) is 1. The van der Waals surface area contributed by atoms with Gasteiger partial charge in [-0.3, -0.25) is 0 Å². The number of nitrogens with zero attached hydrogens (tertiary/aromatic N) is 2. The predicted octanol–water partition coefficient (Wildman–Crippen LogP) is 2.32. The highest BCUT2D eigenvalue weighted by Crippen LogP contribution is 2.29. The second kappa shape index (κ2) is 5.75. The monoisotopic (exact) mass is 281 g/mol. The summed E-state index contributed by atoms with van der Waals surface area (Å²) in [5.41, 5.74) is -0.705. The molecule has 1 aliphatic heterocycles. The van der Waals surface area contributed by atoms with Crippen LogP contribution in [0.3, 0.4) is 0 Å². The van der Waals surface area contributed by atoms with E-state index in [9.17, 15) is 13.2 Å². The Morgan fingerprint density at radius 2 is 2.11 bits per heavy atom. The molecule has 0 amide bonds. The molecule has 0 aromatic carbocycles. The molecule has 1 saturated heterocycles. The maximum absolute atomic E-state index is 12.4. The van der Waals surface area contributed by atoms with Gasteiger partial charge in [-0.05, 0) is 19.1 Å². The topological polar surface area (TPSA) is 28.2 Å². The lowest BCUT2D eigenvalue weighted by atomic mass is 10.2. The first kappa shape index (κ1) is 15.0. The smallest absolute Gasteiger partial charge is 0.351 e. The minimum atomic E-state index is -4.32. The number of pyridine rings is 1. The molecule has 0 spiro atoms. The van der Waals surface area contributed by atoms with Crippen molar-refractivity contribution in [2.24, 2.45) is 0 Å². The lowest BCUT2D eigenvalue weighted by Crippen LogP contribution is -2.50. The van der Waals surface area contributed by atoms with E-state index in [4.69, 9.17) is 0 Å². The summed E-state index contributed by atoms with van der Waals surface area (Å²) in [6, 6.07) is 2.76. The summed E-state index contributed by atoms with van der Waals surface area (Å²) in [7, 11) is 0. The Morgan fingerprint density at radius 3 is 2.61 bits per heavy atom. The Labute approximate surface area is 110 Å². The molecule has 0 aliphatic carbocycles. The second-order valence-electron chi connectivity index (χ2n) is 4.15. The van der Waals surface area contributed by atoms with Gasteiger partial charge in [0.05, 0.1) is 5.56 Å². The van der Waals surface area contributed by atoms with Crippen molar-refractivity contribution in [1.82, 2.24) is 10.3 Å². The predicted molar refractivity (Wildman–Crippen MR) is 66.2 cm³/mol. The summed E-state index contributed by atoms with van der Waals surface area (Å²) in [6.07, 6.45) is -3.43. The first-order valence-corrected chi connectivity index (χ1v) is 5.49. The van der Waals surface area contributed by atoms with Crippen LogP contribution in [-0.4, -0.2) is 30.7 Å². The van der Waals surface area contributed by atoms with E-state index in [1.54, 1.807) is 0 Å².